The molecule has 0 radical (unpaired) electrons. The first kappa shape index (κ1) is 24.3. The number of aryl methyl sites for hydroxylation is 1. The second-order valence-corrected chi connectivity index (χ2v) is 10.1. The van der Waals surface area contributed by atoms with E-state index in [1.54, 1.807) is 30.3 Å². The number of ether oxygens (including phenoxy) is 1. The number of nitrogens with zero attached hydrogens (tertiary/aromatic N) is 2. The third-order valence-electron chi connectivity index (χ3n) is 5.95. The van der Waals surface area contributed by atoms with Crippen molar-refractivity contribution in [2.24, 2.45) is 5.10 Å². The summed E-state index contributed by atoms with van der Waals surface area (Å²) in [4.78, 5) is 28.4. The van der Waals surface area contributed by atoms with E-state index in [0.29, 0.717) is 35.4 Å². The molecule has 0 saturated heterocycles. The summed E-state index contributed by atoms with van der Waals surface area (Å²) in [6.45, 7) is 0. The maximum absolute atomic E-state index is 16.2. The summed E-state index contributed by atoms with van der Waals surface area (Å²) in [7, 11) is -2.10. The normalized spacial score (nSPS) is 14.1. The number of furan rings is 1. The molecule has 1 aliphatic carbocycles. The first-order valence-corrected chi connectivity index (χ1v) is 13.0. The summed E-state index contributed by atoms with van der Waals surface area (Å²) >= 11 is 0. The monoisotopic (exact) mass is 524 g/mol. The molecule has 2 aromatic heterocycles. The van der Waals surface area contributed by atoms with Crippen molar-refractivity contribution >= 4 is 15.7 Å². The van der Waals surface area contributed by atoms with Gasteiger partial charge in [-0.2, -0.15) is 5.10 Å². The van der Waals surface area contributed by atoms with Gasteiger partial charge in [0.15, 0.2) is 5.82 Å². The van der Waals surface area contributed by atoms with Crippen LogP contribution in [0.5, 0.6) is 5.75 Å². The Bertz CT molecular complexity index is 1770. The lowest BCUT2D eigenvalue weighted by atomic mass is 9.95. The first-order chi connectivity index (χ1) is 17.7. The number of hydrogen-bond acceptors (Lipinski definition) is 7. The Hall–Kier alpha value is -4.45. The van der Waals surface area contributed by atoms with Gasteiger partial charge in [0, 0.05) is 17.8 Å². The number of rotatable bonds is 6. The molecule has 0 amide bonds. The van der Waals surface area contributed by atoms with Crippen LogP contribution in [0.2, 0.25) is 0 Å². The number of hydrazone groups is 1. The molecule has 12 heteroatoms. The van der Waals surface area contributed by atoms with E-state index in [-0.39, 0.29) is 17.0 Å². The fourth-order valence-corrected chi connectivity index (χ4v) is 4.65. The van der Waals surface area contributed by atoms with Crippen molar-refractivity contribution in [3.05, 3.63) is 92.7 Å². The molecule has 37 heavy (non-hydrogen) atoms. The molecule has 0 bridgehead atoms. The van der Waals surface area contributed by atoms with Gasteiger partial charge in [-0.25, -0.2) is 22.4 Å². The van der Waals surface area contributed by atoms with Gasteiger partial charge in [-0.05, 0) is 42.2 Å². The summed E-state index contributed by atoms with van der Waals surface area (Å²) in [5, 5.41) is 4.01. The topological polar surface area (TPSA) is 136 Å². The molecule has 10 nitrogen and oxygen atoms in total. The van der Waals surface area contributed by atoms with Crippen LogP contribution in [0, 0.1) is 5.82 Å². The Morgan fingerprint density at radius 3 is 2.62 bits per heavy atom. The molecule has 0 atom stereocenters. The third kappa shape index (κ3) is 4.58. The predicted molar refractivity (Wildman–Crippen MR) is 135 cm³/mol. The van der Waals surface area contributed by atoms with Gasteiger partial charge in [0.25, 0.3) is 5.56 Å². The number of sulfonamides is 1. The van der Waals surface area contributed by atoms with Gasteiger partial charge in [0.2, 0.25) is 10.0 Å². The van der Waals surface area contributed by atoms with Crippen molar-refractivity contribution < 1.29 is 22.0 Å². The smallest absolute Gasteiger partial charge is 0.333 e. The zero-order chi connectivity index (χ0) is 26.3. The van der Waals surface area contributed by atoms with E-state index in [1.165, 1.54) is 25.6 Å². The lowest BCUT2D eigenvalue weighted by Gasteiger charge is -2.18. The first-order valence-electron chi connectivity index (χ1n) is 11.1. The minimum Gasteiger partial charge on any atom is -0.495 e. The number of aromatic nitrogens is 2. The molecule has 190 valence electrons. The van der Waals surface area contributed by atoms with Crippen LogP contribution in [0.25, 0.3) is 28.1 Å². The number of methoxy groups -OCH3 is 1. The molecular formula is C25H21FN4O6S. The van der Waals surface area contributed by atoms with E-state index in [9.17, 15) is 18.0 Å². The summed E-state index contributed by atoms with van der Waals surface area (Å²) < 4.78 is 51.3. The van der Waals surface area contributed by atoms with Gasteiger partial charge in [0.1, 0.15) is 11.5 Å². The maximum Gasteiger partial charge on any atom is 0.333 e. The van der Waals surface area contributed by atoms with Gasteiger partial charge in [-0.3, -0.25) is 14.3 Å². The Kier molecular flexibility index (Phi) is 6.04. The average Bonchev–Trinajstić information content (AvgIpc) is 3.52. The number of hydrogen-bond donors (Lipinski definition) is 2. The zero-order valence-electron chi connectivity index (χ0n) is 19.7. The van der Waals surface area contributed by atoms with Crippen molar-refractivity contribution in [1.29, 1.82) is 0 Å². The molecule has 2 heterocycles. The molecule has 2 N–H and O–H groups in total. The molecule has 0 fully saturated rings. The van der Waals surface area contributed by atoms with Crippen LogP contribution in [0.15, 0.2) is 74.0 Å². The lowest BCUT2D eigenvalue weighted by molar-refractivity contribution is 0.413. The molecular weight excluding hydrogens is 503 g/mol. The van der Waals surface area contributed by atoms with Gasteiger partial charge < -0.3 is 9.15 Å². The number of aromatic amines is 1. The second-order valence-electron chi connectivity index (χ2n) is 8.42. The Morgan fingerprint density at radius 1 is 1.14 bits per heavy atom. The molecule has 2 aromatic carbocycles. The van der Waals surface area contributed by atoms with Gasteiger partial charge in [-0.15, -0.1) is 0 Å². The summed E-state index contributed by atoms with van der Waals surface area (Å²) in [5.74, 6) is -0.162. The van der Waals surface area contributed by atoms with E-state index in [0.717, 1.165) is 28.0 Å². The van der Waals surface area contributed by atoms with Crippen LogP contribution in [-0.4, -0.2) is 37.0 Å². The van der Waals surface area contributed by atoms with Gasteiger partial charge >= 0.3 is 5.69 Å². The average molecular weight is 525 g/mol. The largest absolute Gasteiger partial charge is 0.495 e. The van der Waals surface area contributed by atoms with Crippen LogP contribution < -0.4 is 20.8 Å². The number of benzene rings is 2. The van der Waals surface area contributed by atoms with Crippen molar-refractivity contribution in [3.63, 3.8) is 0 Å². The van der Waals surface area contributed by atoms with Crippen molar-refractivity contribution in [1.82, 2.24) is 14.4 Å². The lowest BCUT2D eigenvalue weighted by Crippen LogP contribution is -2.28. The molecule has 1 aliphatic rings. The fourth-order valence-electron chi connectivity index (χ4n) is 4.37. The van der Waals surface area contributed by atoms with Crippen molar-refractivity contribution in [3.8, 4) is 33.9 Å². The number of fused-ring (bicyclic) bond motifs is 1. The van der Waals surface area contributed by atoms with Crippen LogP contribution in [0.1, 0.15) is 17.5 Å². The summed E-state index contributed by atoms with van der Waals surface area (Å²) in [6.07, 6.45) is 4.75. The minimum absolute atomic E-state index is 0.0898. The van der Waals surface area contributed by atoms with Crippen LogP contribution in [0.4, 0.5) is 4.39 Å². The number of nitrogens with one attached hydrogen (secondary N) is 2. The predicted octanol–water partition coefficient (Wildman–Crippen LogP) is 2.80. The molecule has 0 saturated carbocycles. The Labute approximate surface area is 210 Å². The maximum atomic E-state index is 16.2. The van der Waals surface area contributed by atoms with Crippen LogP contribution in [0.3, 0.4) is 0 Å². The van der Waals surface area contributed by atoms with Crippen molar-refractivity contribution in [2.45, 2.75) is 12.8 Å². The third-order valence-corrected chi connectivity index (χ3v) is 6.38. The number of halogens is 1. The second kappa shape index (κ2) is 9.21. The standard InChI is InChI=1S/C25H21FN4O6S/c1-35-24-17(20-4-3-11-36-20)13-19(30-10-9-21(31)27-25(30)32)23(26)22(24)15-5-7-16-14(12-15)6-8-18(16)28-29-37(2,33)34/h3-5,7,9-13,29H,6,8H2,1-2H3,(H,27,31,32). The highest BCUT2D eigenvalue weighted by atomic mass is 32.2. The summed E-state index contributed by atoms with van der Waals surface area (Å²) in [5.41, 5.74) is 1.61. The molecule has 0 spiro atoms. The zero-order valence-corrected chi connectivity index (χ0v) is 20.6. The van der Waals surface area contributed by atoms with Gasteiger partial charge in [0.05, 0.1) is 42.2 Å². The quantitative estimate of drug-likeness (QED) is 0.373. The highest BCUT2D eigenvalue weighted by Gasteiger charge is 2.26. The van der Waals surface area contributed by atoms with E-state index < -0.39 is 27.1 Å². The Morgan fingerprint density at radius 2 is 1.95 bits per heavy atom. The van der Waals surface area contributed by atoms with Crippen molar-refractivity contribution in [2.75, 3.05) is 13.4 Å². The minimum atomic E-state index is -3.51. The molecule has 4 aromatic rings. The van der Waals surface area contributed by atoms with Crippen LogP contribution >= 0.6 is 0 Å². The fraction of sp³-hybridized carbons (Fsp3) is 0.160. The van der Waals surface area contributed by atoms with Gasteiger partial charge in [-0.1, -0.05) is 18.2 Å². The molecule has 0 aliphatic heterocycles. The van der Waals surface area contributed by atoms with E-state index >= 15 is 4.39 Å². The SMILES string of the molecule is COc1c(-c2ccco2)cc(-n2ccc(=O)[nH]c2=O)c(F)c1-c1ccc2c(c1)CCC2=NNS(C)(=O)=O. The van der Waals surface area contributed by atoms with E-state index in [4.69, 9.17) is 9.15 Å². The van der Waals surface area contributed by atoms with Crippen LogP contribution in [-0.2, 0) is 16.4 Å². The highest BCUT2D eigenvalue weighted by molar-refractivity contribution is 7.88. The number of H-pyrrole nitrogens is 1. The molecule has 5 rings (SSSR count). The Balaban J connectivity index is 1.73. The molecule has 0 unspecified atom stereocenters. The summed E-state index contributed by atoms with van der Waals surface area (Å²) in [6, 6.07) is 11.1. The van der Waals surface area contributed by atoms with E-state index in [2.05, 4.69) is 14.9 Å². The van der Waals surface area contributed by atoms with E-state index in [1.807, 2.05) is 0 Å². The highest BCUT2D eigenvalue weighted by Crippen LogP contribution is 2.44.